The lowest BCUT2D eigenvalue weighted by molar-refractivity contribution is -0.131. The van der Waals surface area contributed by atoms with E-state index in [9.17, 15) is 4.79 Å². The van der Waals surface area contributed by atoms with Crippen molar-refractivity contribution in [2.45, 2.75) is 19.4 Å². The van der Waals surface area contributed by atoms with Crippen molar-refractivity contribution < 1.29 is 4.79 Å². The summed E-state index contributed by atoms with van der Waals surface area (Å²) < 4.78 is 0. The number of pyridine rings is 1. The minimum atomic E-state index is -0.0203. The lowest BCUT2D eigenvalue weighted by Gasteiger charge is -2.43. The number of benzene rings is 3. The number of piperazine rings is 1. The summed E-state index contributed by atoms with van der Waals surface area (Å²) in [5, 5.41) is 1.42. The molecule has 1 aromatic heterocycles. The number of halogens is 2. The van der Waals surface area contributed by atoms with Crippen LogP contribution in [0.2, 0.25) is 10.0 Å². The predicted molar refractivity (Wildman–Crippen MR) is 148 cm³/mol. The highest BCUT2D eigenvalue weighted by molar-refractivity contribution is 6.33. The van der Waals surface area contributed by atoms with Crippen LogP contribution in [0.1, 0.15) is 22.7 Å². The minimum Gasteiger partial charge on any atom is -0.360 e. The van der Waals surface area contributed by atoms with Gasteiger partial charge in [0.25, 0.3) is 0 Å². The zero-order valence-corrected chi connectivity index (χ0v) is 21.6. The SMILES string of the molecule is Cc1ccc(N2CCN(C(=O)Cc3ccc(-c4cccnc4)cc3)CC2c2ccc(Cl)cc2)c(Cl)c1. The van der Waals surface area contributed by atoms with E-state index in [1.165, 1.54) is 0 Å². The third kappa shape index (κ3) is 5.40. The molecule has 1 unspecified atom stereocenters. The largest absolute Gasteiger partial charge is 0.360 e. The van der Waals surface area contributed by atoms with Gasteiger partial charge in [0.2, 0.25) is 5.91 Å². The molecule has 1 atom stereocenters. The molecule has 1 aliphatic heterocycles. The van der Waals surface area contributed by atoms with Crippen LogP contribution in [0.4, 0.5) is 5.69 Å². The van der Waals surface area contributed by atoms with Crippen LogP contribution in [0.25, 0.3) is 11.1 Å². The zero-order chi connectivity index (χ0) is 25.1. The van der Waals surface area contributed by atoms with E-state index in [0.717, 1.165) is 38.5 Å². The molecule has 182 valence electrons. The number of carbonyl (C=O) groups is 1. The van der Waals surface area contributed by atoms with Gasteiger partial charge >= 0.3 is 0 Å². The summed E-state index contributed by atoms with van der Waals surface area (Å²) in [4.78, 5) is 21.8. The summed E-state index contributed by atoms with van der Waals surface area (Å²) in [5.41, 5.74) is 6.36. The van der Waals surface area contributed by atoms with Crippen molar-refractivity contribution >= 4 is 34.8 Å². The van der Waals surface area contributed by atoms with Gasteiger partial charge in [-0.1, -0.05) is 71.7 Å². The monoisotopic (exact) mass is 515 g/mol. The number of aromatic nitrogens is 1. The molecule has 4 nitrogen and oxygen atoms in total. The number of hydrogen-bond acceptors (Lipinski definition) is 3. The van der Waals surface area contributed by atoms with Gasteiger partial charge in [-0.25, -0.2) is 0 Å². The van der Waals surface area contributed by atoms with Gasteiger partial charge in [0.05, 0.1) is 23.2 Å². The molecule has 0 aliphatic carbocycles. The maximum atomic E-state index is 13.4. The van der Waals surface area contributed by atoms with Gasteiger partial charge in [-0.05, 0) is 65.1 Å². The molecule has 5 rings (SSSR count). The van der Waals surface area contributed by atoms with E-state index in [0.29, 0.717) is 31.1 Å². The molecular weight excluding hydrogens is 489 g/mol. The quantitative estimate of drug-likeness (QED) is 0.287. The molecule has 1 aliphatic rings. The third-order valence-corrected chi connectivity index (χ3v) is 7.26. The summed E-state index contributed by atoms with van der Waals surface area (Å²) in [6.07, 6.45) is 3.98. The molecule has 6 heteroatoms. The van der Waals surface area contributed by atoms with Crippen molar-refractivity contribution in [2.75, 3.05) is 24.5 Å². The van der Waals surface area contributed by atoms with E-state index in [-0.39, 0.29) is 11.9 Å². The fraction of sp³-hybridized carbons (Fsp3) is 0.200. The maximum Gasteiger partial charge on any atom is 0.227 e. The number of anilines is 1. The summed E-state index contributed by atoms with van der Waals surface area (Å²) in [5.74, 6) is 0.123. The summed E-state index contributed by atoms with van der Waals surface area (Å²) in [7, 11) is 0. The molecule has 0 radical (unpaired) electrons. The molecule has 0 bridgehead atoms. The Morgan fingerprint density at radius 1 is 0.944 bits per heavy atom. The van der Waals surface area contributed by atoms with Gasteiger partial charge in [0, 0.05) is 37.1 Å². The van der Waals surface area contributed by atoms with Crippen molar-refractivity contribution in [3.63, 3.8) is 0 Å². The molecule has 0 N–H and O–H groups in total. The highest BCUT2D eigenvalue weighted by atomic mass is 35.5. The fourth-order valence-corrected chi connectivity index (χ4v) is 5.22. The number of hydrogen-bond donors (Lipinski definition) is 0. The highest BCUT2D eigenvalue weighted by Crippen LogP contribution is 2.36. The Hall–Kier alpha value is -3.34. The van der Waals surface area contributed by atoms with Crippen LogP contribution in [0.3, 0.4) is 0 Å². The number of carbonyl (C=O) groups excluding carboxylic acids is 1. The first-order valence-corrected chi connectivity index (χ1v) is 12.8. The maximum absolute atomic E-state index is 13.4. The number of nitrogens with zero attached hydrogens (tertiary/aromatic N) is 3. The van der Waals surface area contributed by atoms with Gasteiger partial charge in [-0.3, -0.25) is 9.78 Å². The number of rotatable bonds is 5. The van der Waals surface area contributed by atoms with Gasteiger partial charge in [0.1, 0.15) is 0 Å². The van der Waals surface area contributed by atoms with Crippen LogP contribution >= 0.6 is 23.2 Å². The lowest BCUT2D eigenvalue weighted by Crippen LogP contribution is -2.51. The fourth-order valence-electron chi connectivity index (χ4n) is 4.75. The van der Waals surface area contributed by atoms with Crippen LogP contribution < -0.4 is 4.90 Å². The van der Waals surface area contributed by atoms with Crippen molar-refractivity contribution in [1.29, 1.82) is 0 Å². The molecule has 1 amide bonds. The molecule has 0 spiro atoms. The van der Waals surface area contributed by atoms with Crippen LogP contribution in [-0.2, 0) is 11.2 Å². The van der Waals surface area contributed by atoms with Crippen LogP contribution in [0.5, 0.6) is 0 Å². The summed E-state index contributed by atoms with van der Waals surface area (Å²) in [6, 6.07) is 26.1. The molecule has 1 fully saturated rings. The van der Waals surface area contributed by atoms with Gasteiger partial charge < -0.3 is 9.80 Å². The standard InChI is InChI=1S/C30H27Cl2N3O/c1-21-4-13-28(27(32)17-21)35-16-15-34(20-29(35)24-9-11-26(31)12-10-24)30(36)18-22-5-7-23(8-6-22)25-3-2-14-33-19-25/h2-14,17,19,29H,15-16,18,20H2,1H3. The topological polar surface area (TPSA) is 36.4 Å². The van der Waals surface area contributed by atoms with E-state index >= 15 is 0 Å². The third-order valence-electron chi connectivity index (χ3n) is 6.70. The zero-order valence-electron chi connectivity index (χ0n) is 20.1. The van der Waals surface area contributed by atoms with Crippen molar-refractivity contribution in [3.8, 4) is 11.1 Å². The Morgan fingerprint density at radius 3 is 2.42 bits per heavy atom. The molecule has 3 aromatic carbocycles. The average Bonchev–Trinajstić information content (AvgIpc) is 2.90. The Bertz CT molecular complexity index is 1340. The smallest absolute Gasteiger partial charge is 0.227 e. The van der Waals surface area contributed by atoms with Crippen molar-refractivity contribution in [3.05, 3.63) is 118 Å². The molecular formula is C30H27Cl2N3O. The molecule has 36 heavy (non-hydrogen) atoms. The van der Waals surface area contributed by atoms with E-state index in [1.807, 2.05) is 84.8 Å². The Balaban J connectivity index is 1.34. The van der Waals surface area contributed by atoms with Crippen molar-refractivity contribution in [2.24, 2.45) is 0 Å². The van der Waals surface area contributed by atoms with Crippen LogP contribution in [0.15, 0.2) is 91.3 Å². The van der Waals surface area contributed by atoms with E-state index < -0.39 is 0 Å². The first kappa shape index (κ1) is 24.4. The number of amides is 1. The highest BCUT2D eigenvalue weighted by Gasteiger charge is 2.31. The first-order valence-electron chi connectivity index (χ1n) is 12.0. The summed E-state index contributed by atoms with van der Waals surface area (Å²) >= 11 is 12.8. The molecule has 2 heterocycles. The normalized spacial score (nSPS) is 15.7. The Labute approximate surface area is 222 Å². The second-order valence-electron chi connectivity index (χ2n) is 9.17. The second kappa shape index (κ2) is 10.7. The molecule has 1 saturated heterocycles. The van der Waals surface area contributed by atoms with Gasteiger partial charge in [-0.15, -0.1) is 0 Å². The first-order chi connectivity index (χ1) is 17.5. The number of aryl methyl sites for hydroxylation is 1. The lowest BCUT2D eigenvalue weighted by atomic mass is 10.00. The van der Waals surface area contributed by atoms with E-state index in [4.69, 9.17) is 23.2 Å². The minimum absolute atomic E-state index is 0.0203. The Kier molecular flexibility index (Phi) is 7.26. The van der Waals surface area contributed by atoms with Crippen molar-refractivity contribution in [1.82, 2.24) is 9.88 Å². The summed E-state index contributed by atoms with van der Waals surface area (Å²) in [6.45, 7) is 3.95. The van der Waals surface area contributed by atoms with Gasteiger partial charge in [0.15, 0.2) is 0 Å². The van der Waals surface area contributed by atoms with E-state index in [2.05, 4.69) is 22.0 Å². The van der Waals surface area contributed by atoms with E-state index in [1.54, 1.807) is 6.20 Å². The van der Waals surface area contributed by atoms with Crippen LogP contribution in [-0.4, -0.2) is 35.4 Å². The predicted octanol–water partition coefficient (Wildman–Crippen LogP) is 7.00. The van der Waals surface area contributed by atoms with Crippen LogP contribution in [0, 0.1) is 6.92 Å². The molecule has 4 aromatic rings. The van der Waals surface area contributed by atoms with Gasteiger partial charge in [-0.2, -0.15) is 0 Å². The second-order valence-corrected chi connectivity index (χ2v) is 10.0. The molecule has 0 saturated carbocycles. The average molecular weight is 516 g/mol. The Morgan fingerprint density at radius 2 is 1.72 bits per heavy atom.